The Kier molecular flexibility index (Phi) is 3.17. The lowest BCUT2D eigenvalue weighted by molar-refractivity contribution is 0.820. The van der Waals surface area contributed by atoms with E-state index in [-0.39, 0.29) is 6.04 Å². The number of aromatic nitrogens is 2. The fraction of sp³-hybridized carbons (Fsp3) is 0.0909. The van der Waals surface area contributed by atoms with Crippen LogP contribution in [0, 0.1) is 0 Å². The summed E-state index contributed by atoms with van der Waals surface area (Å²) in [5.74, 6) is 0.438. The Morgan fingerprint density at radius 2 is 1.81 bits per heavy atom. The Labute approximate surface area is 102 Å². The maximum Gasteiger partial charge on any atom is 0.128 e. The molecular weight excluding hydrogens is 268 g/mol. The molecule has 4 N–H and O–H groups in total. The number of hydrogen-bond acceptors (Lipinski definition) is 4. The first-order valence-corrected chi connectivity index (χ1v) is 5.56. The second kappa shape index (κ2) is 4.59. The van der Waals surface area contributed by atoms with E-state index < -0.39 is 0 Å². The molecule has 0 fully saturated rings. The van der Waals surface area contributed by atoms with Crippen molar-refractivity contribution in [3.05, 3.63) is 52.4 Å². The lowest BCUT2D eigenvalue weighted by Gasteiger charge is -2.14. The van der Waals surface area contributed by atoms with Gasteiger partial charge in [-0.05, 0) is 34.1 Å². The van der Waals surface area contributed by atoms with Crippen molar-refractivity contribution >= 4 is 21.7 Å². The van der Waals surface area contributed by atoms with E-state index in [4.69, 9.17) is 11.5 Å². The molecule has 2 heterocycles. The van der Waals surface area contributed by atoms with E-state index in [0.29, 0.717) is 5.82 Å². The van der Waals surface area contributed by atoms with Crippen LogP contribution in [0.1, 0.15) is 17.3 Å². The van der Waals surface area contributed by atoms with Crippen molar-refractivity contribution < 1.29 is 0 Å². The molecular formula is C11H11BrN4. The second-order valence-corrected chi connectivity index (χ2v) is 4.18. The Balaban J connectivity index is 2.44. The summed E-state index contributed by atoms with van der Waals surface area (Å²) in [4.78, 5) is 8.25. The van der Waals surface area contributed by atoms with Crippen LogP contribution in [0.4, 0.5) is 5.82 Å². The van der Waals surface area contributed by atoms with Crippen molar-refractivity contribution in [1.82, 2.24) is 9.97 Å². The van der Waals surface area contributed by atoms with Crippen LogP contribution >= 0.6 is 15.9 Å². The quantitative estimate of drug-likeness (QED) is 0.879. The summed E-state index contributed by atoms with van der Waals surface area (Å²) in [6, 6.07) is 7.03. The van der Waals surface area contributed by atoms with E-state index in [1.54, 1.807) is 12.4 Å². The molecule has 0 spiro atoms. The molecule has 2 aromatic rings. The van der Waals surface area contributed by atoms with Gasteiger partial charge in [0.25, 0.3) is 0 Å². The summed E-state index contributed by atoms with van der Waals surface area (Å²) in [7, 11) is 0. The third-order valence-corrected chi connectivity index (χ3v) is 2.96. The SMILES string of the molecule is Nc1ncccc1C(N)c1ncccc1Br. The first kappa shape index (κ1) is 11.0. The zero-order valence-electron chi connectivity index (χ0n) is 8.47. The zero-order valence-corrected chi connectivity index (χ0v) is 10.1. The molecule has 1 unspecified atom stereocenters. The van der Waals surface area contributed by atoms with Crippen molar-refractivity contribution in [2.75, 3.05) is 5.73 Å². The van der Waals surface area contributed by atoms with Gasteiger partial charge in [0, 0.05) is 22.4 Å². The molecule has 2 rings (SSSR count). The summed E-state index contributed by atoms with van der Waals surface area (Å²) in [6.07, 6.45) is 3.34. The van der Waals surface area contributed by atoms with Crippen molar-refractivity contribution in [2.24, 2.45) is 5.73 Å². The molecule has 16 heavy (non-hydrogen) atoms. The molecule has 0 radical (unpaired) electrons. The molecule has 0 amide bonds. The average Bonchev–Trinajstić information content (AvgIpc) is 2.29. The largest absolute Gasteiger partial charge is 0.383 e. The van der Waals surface area contributed by atoms with Gasteiger partial charge in [-0.3, -0.25) is 4.98 Å². The fourth-order valence-corrected chi connectivity index (χ4v) is 1.97. The number of anilines is 1. The van der Waals surface area contributed by atoms with Gasteiger partial charge < -0.3 is 11.5 Å². The Bertz CT molecular complexity index is 455. The van der Waals surface area contributed by atoms with E-state index in [1.165, 1.54) is 0 Å². The van der Waals surface area contributed by atoms with Crippen molar-refractivity contribution in [3.8, 4) is 0 Å². The van der Waals surface area contributed by atoms with E-state index in [9.17, 15) is 0 Å². The van der Waals surface area contributed by atoms with Crippen LogP contribution in [0.2, 0.25) is 0 Å². The molecule has 0 aromatic carbocycles. The van der Waals surface area contributed by atoms with E-state index in [0.717, 1.165) is 15.7 Å². The number of hydrogen-bond donors (Lipinski definition) is 2. The topological polar surface area (TPSA) is 77.8 Å². The molecule has 82 valence electrons. The minimum atomic E-state index is -0.371. The van der Waals surface area contributed by atoms with E-state index >= 15 is 0 Å². The minimum absolute atomic E-state index is 0.371. The third-order valence-electron chi connectivity index (χ3n) is 2.29. The van der Waals surface area contributed by atoms with Crippen LogP contribution in [0.15, 0.2) is 41.1 Å². The molecule has 0 bridgehead atoms. The van der Waals surface area contributed by atoms with Gasteiger partial charge in [-0.15, -0.1) is 0 Å². The summed E-state index contributed by atoms with van der Waals surface area (Å²) >= 11 is 3.42. The summed E-state index contributed by atoms with van der Waals surface area (Å²) < 4.78 is 0.866. The lowest BCUT2D eigenvalue weighted by Crippen LogP contribution is -2.16. The van der Waals surface area contributed by atoms with Gasteiger partial charge in [-0.1, -0.05) is 6.07 Å². The Morgan fingerprint density at radius 1 is 1.12 bits per heavy atom. The highest BCUT2D eigenvalue weighted by molar-refractivity contribution is 9.10. The van der Waals surface area contributed by atoms with Crippen LogP contribution in [0.5, 0.6) is 0 Å². The molecule has 0 aliphatic carbocycles. The van der Waals surface area contributed by atoms with Crippen molar-refractivity contribution in [2.45, 2.75) is 6.04 Å². The molecule has 0 aliphatic heterocycles. The van der Waals surface area contributed by atoms with Crippen molar-refractivity contribution in [3.63, 3.8) is 0 Å². The summed E-state index contributed by atoms with van der Waals surface area (Å²) in [5, 5.41) is 0. The zero-order chi connectivity index (χ0) is 11.5. The molecule has 0 aliphatic rings. The summed E-state index contributed by atoms with van der Waals surface area (Å²) in [6.45, 7) is 0. The molecule has 0 saturated carbocycles. The van der Waals surface area contributed by atoms with Gasteiger partial charge in [0.1, 0.15) is 5.82 Å². The first-order chi connectivity index (χ1) is 7.70. The smallest absolute Gasteiger partial charge is 0.128 e. The van der Waals surface area contributed by atoms with Gasteiger partial charge in [0.15, 0.2) is 0 Å². The normalized spacial score (nSPS) is 12.4. The maximum absolute atomic E-state index is 6.11. The standard InChI is InChI=1S/C11H11BrN4/c12-8-4-2-5-15-10(8)9(13)7-3-1-6-16-11(7)14/h1-6,9H,13H2,(H2,14,16). The predicted molar refractivity (Wildman–Crippen MR) is 66.6 cm³/mol. The monoisotopic (exact) mass is 278 g/mol. The number of pyridine rings is 2. The minimum Gasteiger partial charge on any atom is -0.383 e. The van der Waals surface area contributed by atoms with Crippen LogP contribution in [0.25, 0.3) is 0 Å². The van der Waals surface area contributed by atoms with E-state index in [2.05, 4.69) is 25.9 Å². The summed E-state index contributed by atoms with van der Waals surface area (Å²) in [5.41, 5.74) is 13.4. The van der Waals surface area contributed by atoms with Gasteiger partial charge in [-0.25, -0.2) is 4.98 Å². The maximum atomic E-state index is 6.11. The number of nitrogen functional groups attached to an aromatic ring is 1. The molecule has 4 nitrogen and oxygen atoms in total. The predicted octanol–water partition coefficient (Wildman–Crippen LogP) is 1.87. The van der Waals surface area contributed by atoms with Crippen LogP contribution in [-0.4, -0.2) is 9.97 Å². The molecule has 1 atom stereocenters. The fourth-order valence-electron chi connectivity index (χ4n) is 1.47. The van der Waals surface area contributed by atoms with Crippen LogP contribution < -0.4 is 11.5 Å². The van der Waals surface area contributed by atoms with E-state index in [1.807, 2.05) is 24.3 Å². The van der Waals surface area contributed by atoms with Gasteiger partial charge in [0.05, 0.1) is 11.7 Å². The number of halogens is 1. The highest BCUT2D eigenvalue weighted by Crippen LogP contribution is 2.26. The number of rotatable bonds is 2. The Morgan fingerprint density at radius 3 is 2.50 bits per heavy atom. The first-order valence-electron chi connectivity index (χ1n) is 4.76. The molecule has 2 aromatic heterocycles. The molecule has 5 heteroatoms. The Hall–Kier alpha value is -1.46. The van der Waals surface area contributed by atoms with Gasteiger partial charge in [-0.2, -0.15) is 0 Å². The highest BCUT2D eigenvalue weighted by Gasteiger charge is 2.15. The highest BCUT2D eigenvalue weighted by atomic mass is 79.9. The van der Waals surface area contributed by atoms with Crippen LogP contribution in [0.3, 0.4) is 0 Å². The number of nitrogens with two attached hydrogens (primary N) is 2. The second-order valence-electron chi connectivity index (χ2n) is 3.33. The third kappa shape index (κ3) is 2.05. The number of nitrogens with zero attached hydrogens (tertiary/aromatic N) is 2. The van der Waals surface area contributed by atoms with Gasteiger partial charge in [0.2, 0.25) is 0 Å². The lowest BCUT2D eigenvalue weighted by atomic mass is 10.1. The molecule has 0 saturated heterocycles. The van der Waals surface area contributed by atoms with Crippen LogP contribution in [-0.2, 0) is 0 Å². The van der Waals surface area contributed by atoms with Crippen molar-refractivity contribution in [1.29, 1.82) is 0 Å². The van der Waals surface area contributed by atoms with Gasteiger partial charge >= 0.3 is 0 Å². The average molecular weight is 279 g/mol.